The molecule has 0 aromatic rings. The first-order valence-corrected chi connectivity index (χ1v) is 36.7. The second-order valence-corrected chi connectivity index (χ2v) is 26.3. The van der Waals surface area contributed by atoms with Gasteiger partial charge < -0.3 is 18.9 Å². The lowest BCUT2D eigenvalue weighted by molar-refractivity contribution is -0.870. The number of hydrogen-bond donors (Lipinski definition) is 1. The lowest BCUT2D eigenvalue weighted by Crippen LogP contribution is -2.37. The number of carbonyl (C=O) groups is 2. The molecule has 0 fully saturated rings. The predicted molar refractivity (Wildman–Crippen MR) is 358 cm³/mol. The van der Waals surface area contributed by atoms with E-state index in [0.29, 0.717) is 17.4 Å². The van der Waals surface area contributed by atoms with E-state index >= 15 is 0 Å². The van der Waals surface area contributed by atoms with Gasteiger partial charge in [0.1, 0.15) is 19.8 Å². The SMILES string of the molecule is CC/C=C\C/C=C\C/C=C\C/C=C\CCCCCCCCCCCCCCCCCCCCCCCCCCCCCCC(=O)OC(COC(=O)CCCCCCCCC/C=C\C/C=C\CCCCCC)COP(=O)(O)OCC[N+](C)(C)C. The first-order chi connectivity index (χ1) is 40.5. The van der Waals surface area contributed by atoms with E-state index in [2.05, 4.69) is 86.8 Å². The molecule has 83 heavy (non-hydrogen) atoms. The highest BCUT2D eigenvalue weighted by molar-refractivity contribution is 7.47. The van der Waals surface area contributed by atoms with Crippen LogP contribution < -0.4 is 0 Å². The fourth-order valence-corrected chi connectivity index (χ4v) is 10.8. The molecule has 0 aliphatic heterocycles. The fourth-order valence-electron chi connectivity index (χ4n) is 10.1. The summed E-state index contributed by atoms with van der Waals surface area (Å²) in [7, 11) is 1.48. The van der Waals surface area contributed by atoms with E-state index in [1.54, 1.807) is 0 Å². The maximum absolute atomic E-state index is 12.9. The lowest BCUT2D eigenvalue weighted by atomic mass is 10.0. The molecule has 2 unspecified atom stereocenters. The molecule has 0 aliphatic rings. The number of phosphoric ester groups is 1. The minimum absolute atomic E-state index is 0.0309. The first kappa shape index (κ1) is 80.5. The van der Waals surface area contributed by atoms with Gasteiger partial charge in [-0.05, 0) is 83.5 Å². The van der Waals surface area contributed by atoms with E-state index in [9.17, 15) is 19.0 Å². The summed E-state index contributed by atoms with van der Waals surface area (Å²) in [5, 5.41) is 0. The third-order valence-corrected chi connectivity index (χ3v) is 16.5. The van der Waals surface area contributed by atoms with Crippen molar-refractivity contribution in [3.05, 3.63) is 72.9 Å². The van der Waals surface area contributed by atoms with Crippen molar-refractivity contribution >= 4 is 19.8 Å². The molecule has 2 atom stereocenters. The molecule has 0 radical (unpaired) electrons. The monoisotopic (exact) mass is 1180 g/mol. The number of ether oxygens (including phenoxy) is 2. The van der Waals surface area contributed by atoms with Gasteiger partial charge in [-0.15, -0.1) is 0 Å². The van der Waals surface area contributed by atoms with Crippen molar-refractivity contribution in [2.75, 3.05) is 47.5 Å². The molecule has 0 spiro atoms. The third-order valence-electron chi connectivity index (χ3n) is 15.5. The van der Waals surface area contributed by atoms with Crippen LogP contribution in [0.3, 0.4) is 0 Å². The summed E-state index contributed by atoms with van der Waals surface area (Å²) in [5.74, 6) is -0.793. The average molecular weight is 1190 g/mol. The normalized spacial score (nSPS) is 13.6. The van der Waals surface area contributed by atoms with E-state index in [0.717, 1.165) is 77.0 Å². The van der Waals surface area contributed by atoms with Gasteiger partial charge in [-0.25, -0.2) is 4.57 Å². The summed E-state index contributed by atoms with van der Waals surface area (Å²) in [5.41, 5.74) is 0. The number of phosphoric acid groups is 1. The molecule has 9 nitrogen and oxygen atoms in total. The van der Waals surface area contributed by atoms with Gasteiger partial charge in [-0.3, -0.25) is 18.6 Å². The minimum Gasteiger partial charge on any atom is -0.462 e. The smallest absolute Gasteiger partial charge is 0.462 e. The minimum atomic E-state index is -4.39. The fraction of sp³-hybridized carbons (Fsp3) is 0.808. The molecule has 0 heterocycles. The van der Waals surface area contributed by atoms with Gasteiger partial charge in [-0.2, -0.15) is 0 Å². The highest BCUT2D eigenvalue weighted by Crippen LogP contribution is 2.43. The number of likely N-dealkylation sites (N-methyl/N-ethyl adjacent to an activating group) is 1. The standard InChI is InChI=1S/C73H134NO8P/c1-6-8-10-12-14-16-18-20-22-24-26-27-28-29-30-31-32-33-34-35-36-37-38-39-40-41-42-43-44-45-46-47-48-50-52-54-56-58-60-62-64-66-73(76)82-71(70-81-83(77,78)80-68-67-74(3,4)5)69-79-72(75)65-63-61-59-57-55-53-51-49-25-23-21-19-17-15-13-11-9-7-2/h8,10,14,16-17,19-20,22-23,25-27,71H,6-7,9,11-13,15,18,21,24,28-70H2,1-5H3/p+1/b10-8-,16-14-,19-17-,22-20-,25-23-,27-26-. The lowest BCUT2D eigenvalue weighted by Gasteiger charge is -2.24. The molecular weight excluding hydrogens is 1050 g/mol. The van der Waals surface area contributed by atoms with Crippen molar-refractivity contribution < 1.29 is 42.1 Å². The average Bonchev–Trinajstić information content (AvgIpc) is 3.48. The van der Waals surface area contributed by atoms with Crippen molar-refractivity contribution in [3.63, 3.8) is 0 Å². The molecule has 0 aromatic carbocycles. The van der Waals surface area contributed by atoms with Crippen molar-refractivity contribution in [1.82, 2.24) is 0 Å². The van der Waals surface area contributed by atoms with E-state index in [4.69, 9.17) is 18.5 Å². The van der Waals surface area contributed by atoms with Crippen LogP contribution in [0.15, 0.2) is 72.9 Å². The molecule has 10 heteroatoms. The Morgan fingerprint density at radius 3 is 1.02 bits per heavy atom. The Balaban J connectivity index is 3.89. The van der Waals surface area contributed by atoms with E-state index in [1.807, 2.05) is 21.1 Å². The van der Waals surface area contributed by atoms with Gasteiger partial charge in [0, 0.05) is 12.8 Å². The molecule has 0 aromatic heterocycles. The molecule has 1 N–H and O–H groups in total. The molecule has 484 valence electrons. The van der Waals surface area contributed by atoms with E-state index < -0.39 is 26.5 Å². The van der Waals surface area contributed by atoms with Crippen LogP contribution in [0.5, 0.6) is 0 Å². The Morgan fingerprint density at radius 1 is 0.386 bits per heavy atom. The zero-order valence-electron chi connectivity index (χ0n) is 55.2. The van der Waals surface area contributed by atoms with Gasteiger partial charge in [0.2, 0.25) is 0 Å². The summed E-state index contributed by atoms with van der Waals surface area (Å²) in [6.07, 6.45) is 86.0. The van der Waals surface area contributed by atoms with Gasteiger partial charge in [0.15, 0.2) is 6.10 Å². The summed E-state index contributed by atoms with van der Waals surface area (Å²) < 4.78 is 34.7. The number of nitrogens with zero attached hydrogens (tertiary/aromatic N) is 1. The second-order valence-electron chi connectivity index (χ2n) is 24.9. The molecule has 0 bridgehead atoms. The van der Waals surface area contributed by atoms with Crippen LogP contribution in [0.4, 0.5) is 0 Å². The molecule has 0 rings (SSSR count). The topological polar surface area (TPSA) is 108 Å². The van der Waals surface area contributed by atoms with Gasteiger partial charge in [0.25, 0.3) is 0 Å². The molecule has 0 amide bonds. The van der Waals surface area contributed by atoms with E-state index in [-0.39, 0.29) is 32.0 Å². The Kier molecular flexibility index (Phi) is 62.0. The molecule has 0 saturated heterocycles. The summed E-state index contributed by atoms with van der Waals surface area (Å²) in [4.78, 5) is 35.8. The first-order valence-electron chi connectivity index (χ1n) is 35.2. The number of quaternary nitrogens is 1. The zero-order valence-corrected chi connectivity index (χ0v) is 56.1. The zero-order chi connectivity index (χ0) is 60.5. The van der Waals surface area contributed by atoms with Gasteiger partial charge in [0.05, 0.1) is 27.7 Å². The van der Waals surface area contributed by atoms with Crippen LogP contribution in [-0.2, 0) is 32.7 Å². The summed E-state index contributed by atoms with van der Waals surface area (Å²) in [6, 6.07) is 0. The van der Waals surface area contributed by atoms with Gasteiger partial charge >= 0.3 is 19.8 Å². The van der Waals surface area contributed by atoms with Gasteiger partial charge in [-0.1, -0.05) is 305 Å². The maximum Gasteiger partial charge on any atom is 0.472 e. The highest BCUT2D eigenvalue weighted by Gasteiger charge is 2.27. The molecule has 0 saturated carbocycles. The van der Waals surface area contributed by atoms with Crippen LogP contribution in [0.25, 0.3) is 0 Å². The number of rotatable bonds is 65. The van der Waals surface area contributed by atoms with Crippen LogP contribution in [0.1, 0.15) is 328 Å². The number of hydrogen-bond acceptors (Lipinski definition) is 7. The second kappa shape index (κ2) is 63.9. The number of unbranched alkanes of at least 4 members (excludes halogenated alkanes) is 39. The van der Waals surface area contributed by atoms with Crippen molar-refractivity contribution in [3.8, 4) is 0 Å². The van der Waals surface area contributed by atoms with E-state index in [1.165, 1.54) is 218 Å². The summed E-state index contributed by atoms with van der Waals surface area (Å²) in [6.45, 7) is 4.33. The van der Waals surface area contributed by atoms with Crippen molar-refractivity contribution in [2.24, 2.45) is 0 Å². The van der Waals surface area contributed by atoms with Crippen LogP contribution in [0, 0.1) is 0 Å². The third kappa shape index (κ3) is 68.4. The summed E-state index contributed by atoms with van der Waals surface area (Å²) >= 11 is 0. The quantitative estimate of drug-likeness (QED) is 0.0211. The maximum atomic E-state index is 12.9. The number of esters is 2. The Labute approximate surface area is 514 Å². The number of allylic oxidation sites excluding steroid dienone is 12. The van der Waals surface area contributed by atoms with Crippen molar-refractivity contribution in [2.45, 2.75) is 335 Å². The molecule has 0 aliphatic carbocycles. The van der Waals surface area contributed by atoms with Crippen LogP contribution in [0.2, 0.25) is 0 Å². The molecular formula is C73H135NO8P+. The predicted octanol–water partition coefficient (Wildman–Crippen LogP) is 22.8. The number of carbonyl (C=O) groups excluding carboxylic acids is 2. The highest BCUT2D eigenvalue weighted by atomic mass is 31.2. The van der Waals surface area contributed by atoms with Crippen LogP contribution in [-0.4, -0.2) is 74.9 Å². The van der Waals surface area contributed by atoms with Crippen LogP contribution >= 0.6 is 7.82 Å². The Morgan fingerprint density at radius 2 is 0.687 bits per heavy atom. The van der Waals surface area contributed by atoms with Crippen molar-refractivity contribution in [1.29, 1.82) is 0 Å². The Bertz CT molecular complexity index is 1630. The Hall–Kier alpha value is -2.55. The largest absolute Gasteiger partial charge is 0.472 e.